The third-order valence-electron chi connectivity index (χ3n) is 28.6. The predicted octanol–water partition coefficient (Wildman–Crippen LogP) is 32.1. The van der Waals surface area contributed by atoms with E-state index in [4.69, 9.17) is 58.1 Å². The highest BCUT2D eigenvalue weighted by Gasteiger charge is 2.45. The lowest BCUT2D eigenvalue weighted by molar-refractivity contribution is 0.490. The Labute approximate surface area is 788 Å². The van der Waals surface area contributed by atoms with Gasteiger partial charge in [0.2, 0.25) is 0 Å². The Morgan fingerprint density at radius 3 is 0.831 bits per heavy atom. The zero-order valence-corrected chi connectivity index (χ0v) is 76.1. The summed E-state index contributed by atoms with van der Waals surface area (Å²) in [6, 6.07) is 137. The van der Waals surface area contributed by atoms with Gasteiger partial charge in [0.05, 0.1) is 16.7 Å². The number of rotatable bonds is 15. The van der Waals surface area contributed by atoms with Gasteiger partial charge in [0.15, 0.2) is 52.4 Å². The molecular formula is C124H91N9O3. The molecule has 136 heavy (non-hydrogen) atoms. The highest BCUT2D eigenvalue weighted by molar-refractivity contribution is 6.20. The van der Waals surface area contributed by atoms with Gasteiger partial charge in [-0.15, -0.1) is 0 Å². The van der Waals surface area contributed by atoms with Crippen LogP contribution in [-0.4, -0.2) is 44.9 Å². The first-order chi connectivity index (χ1) is 67.0. The van der Waals surface area contributed by atoms with Gasteiger partial charge in [-0.1, -0.05) is 393 Å². The number of fused-ring (bicyclic) bond motifs is 21. The smallest absolute Gasteiger partial charge is 0.167 e. The molecular weight excluding hydrogens is 1660 g/mol. The third kappa shape index (κ3) is 13.5. The number of benzene rings is 17. The number of hydrogen-bond donors (Lipinski definition) is 0. The number of furan rings is 3. The van der Waals surface area contributed by atoms with Crippen LogP contribution in [-0.2, 0) is 16.2 Å². The van der Waals surface area contributed by atoms with Crippen molar-refractivity contribution in [3.8, 4) is 158 Å². The van der Waals surface area contributed by atoms with E-state index in [2.05, 4.69) is 296 Å². The van der Waals surface area contributed by atoms with Crippen LogP contribution in [0.25, 0.3) is 224 Å². The fraction of sp³-hybridized carbons (Fsp3) is 0.105. The molecule has 0 spiro atoms. The molecule has 12 heteroatoms. The van der Waals surface area contributed by atoms with Crippen molar-refractivity contribution in [3.63, 3.8) is 0 Å². The summed E-state index contributed by atoms with van der Waals surface area (Å²) in [6.45, 7) is 13.8. The maximum atomic E-state index is 6.80. The standard InChI is InChI=1S/C44H33N3O.C42H29N3O.C38H29N3O/c1-3-44(4-2)35-25-14-13-22-32(35)38-36(44)26-27-37-39(38)33-23-15-24-34(40(33)48-37)43-46-41(29-18-9-6-10-19-29)45-42(47-43)31-21-12-11-20-30(31)28-16-7-5-8-17-28;1-42(2)33-22-10-9-19-30(33)36-34(42)23-24-35-37(36)31-20-12-21-32(38(31)46-35)41-44-39(27-15-7-4-8-16-27)43-40(45-41)29-18-11-17-28(25-29)26-13-5-3-6-14-26;1-3-38(4-2)29-21-12-11-18-26(29)32-30(38)22-23-31-33(32)27-19-13-20-28(34(27)42-31)37-40-35(24-14-7-5-8-15-24)39-36(41-37)25-16-9-6-10-17-25/h5-27H,3-4H2,1-2H3;3-25H,1-2H3;5-23H,3-4H2,1-2H3. The molecule has 12 nitrogen and oxygen atoms in total. The largest absolute Gasteiger partial charge is 0.455 e. The average molecular weight is 1760 g/mol. The summed E-state index contributed by atoms with van der Waals surface area (Å²) in [4.78, 5) is 45.4. The van der Waals surface area contributed by atoms with E-state index in [1.807, 2.05) is 140 Å². The van der Waals surface area contributed by atoms with Gasteiger partial charge < -0.3 is 13.3 Å². The fourth-order valence-electron chi connectivity index (χ4n) is 21.9. The number of hydrogen-bond acceptors (Lipinski definition) is 12. The van der Waals surface area contributed by atoms with Crippen LogP contribution in [0, 0.1) is 0 Å². The Morgan fingerprint density at radius 2 is 0.449 bits per heavy atom. The summed E-state index contributed by atoms with van der Waals surface area (Å²) < 4.78 is 20.2. The highest BCUT2D eigenvalue weighted by Crippen LogP contribution is 2.60. The van der Waals surface area contributed by atoms with E-state index in [1.165, 1.54) is 72.1 Å². The van der Waals surface area contributed by atoms with Crippen molar-refractivity contribution < 1.29 is 13.3 Å². The quantitative estimate of drug-likeness (QED) is 0.0959. The Kier molecular flexibility index (Phi) is 20.3. The molecule has 0 bridgehead atoms. The highest BCUT2D eigenvalue weighted by atomic mass is 16.3. The third-order valence-corrected chi connectivity index (χ3v) is 28.6. The van der Waals surface area contributed by atoms with Gasteiger partial charge in [-0.3, -0.25) is 0 Å². The van der Waals surface area contributed by atoms with E-state index in [1.54, 1.807) is 0 Å². The minimum Gasteiger partial charge on any atom is -0.455 e. The van der Waals surface area contributed by atoms with Crippen LogP contribution in [0.4, 0.5) is 0 Å². The van der Waals surface area contributed by atoms with Crippen LogP contribution in [0.2, 0.25) is 0 Å². The monoisotopic (exact) mass is 1750 g/mol. The molecule has 0 atom stereocenters. The van der Waals surface area contributed by atoms with Crippen molar-refractivity contribution in [2.24, 2.45) is 0 Å². The van der Waals surface area contributed by atoms with E-state index in [9.17, 15) is 0 Å². The Morgan fingerprint density at radius 1 is 0.191 bits per heavy atom. The number of aromatic nitrogens is 9. The zero-order valence-electron chi connectivity index (χ0n) is 76.1. The summed E-state index contributed by atoms with van der Waals surface area (Å²) in [7, 11) is 0. The molecule has 0 saturated carbocycles. The maximum Gasteiger partial charge on any atom is 0.167 e. The summed E-state index contributed by atoms with van der Waals surface area (Å²) in [5.74, 6) is 5.52. The van der Waals surface area contributed by atoms with Crippen LogP contribution >= 0.6 is 0 Å². The summed E-state index contributed by atoms with van der Waals surface area (Å²) in [5, 5.41) is 6.69. The second kappa shape index (κ2) is 33.5. The predicted molar refractivity (Wildman–Crippen MR) is 552 cm³/mol. The van der Waals surface area contributed by atoms with E-state index in [0.717, 1.165) is 158 Å². The minimum atomic E-state index is -0.0939. The second-order valence-corrected chi connectivity index (χ2v) is 36.0. The molecule has 0 N–H and O–H groups in total. The molecule has 650 valence electrons. The second-order valence-electron chi connectivity index (χ2n) is 36.0. The van der Waals surface area contributed by atoms with Crippen LogP contribution in [0.1, 0.15) is 101 Å². The molecule has 6 aromatic heterocycles. The van der Waals surface area contributed by atoms with E-state index in [-0.39, 0.29) is 16.2 Å². The molecule has 3 aliphatic carbocycles. The molecule has 0 aliphatic heterocycles. The van der Waals surface area contributed by atoms with Gasteiger partial charge in [0.1, 0.15) is 33.5 Å². The van der Waals surface area contributed by atoms with Crippen LogP contribution in [0.5, 0.6) is 0 Å². The lowest BCUT2D eigenvalue weighted by atomic mass is 9.74. The molecule has 0 fully saturated rings. The van der Waals surface area contributed by atoms with E-state index < -0.39 is 0 Å². The van der Waals surface area contributed by atoms with E-state index >= 15 is 0 Å². The minimum absolute atomic E-state index is 0.00466. The topological polar surface area (TPSA) is 155 Å². The van der Waals surface area contributed by atoms with Gasteiger partial charge in [0.25, 0.3) is 0 Å². The maximum absolute atomic E-state index is 6.80. The van der Waals surface area contributed by atoms with Crippen molar-refractivity contribution in [1.82, 2.24) is 44.9 Å². The van der Waals surface area contributed by atoms with Crippen LogP contribution in [0.15, 0.2) is 408 Å². The van der Waals surface area contributed by atoms with Crippen molar-refractivity contribution in [2.75, 3.05) is 0 Å². The first-order valence-electron chi connectivity index (χ1n) is 47.1. The van der Waals surface area contributed by atoms with Crippen molar-refractivity contribution >= 4 is 65.8 Å². The fourth-order valence-corrected chi connectivity index (χ4v) is 21.9. The Hall–Kier alpha value is -16.8. The molecule has 26 rings (SSSR count). The normalized spacial score (nSPS) is 13.2. The lowest BCUT2D eigenvalue weighted by Gasteiger charge is -2.29. The molecule has 0 unspecified atom stereocenters. The van der Waals surface area contributed by atoms with Gasteiger partial charge in [-0.25, -0.2) is 44.9 Å². The van der Waals surface area contributed by atoms with Gasteiger partial charge in [-0.2, -0.15) is 0 Å². The first kappa shape index (κ1) is 82.3. The summed E-state index contributed by atoms with van der Waals surface area (Å²) in [5.41, 5.74) is 33.5. The molecule has 0 amide bonds. The molecule has 6 heterocycles. The van der Waals surface area contributed by atoms with Crippen molar-refractivity contribution in [3.05, 3.63) is 428 Å². The van der Waals surface area contributed by atoms with Gasteiger partial charge in [-0.05, 0) is 157 Å². The molecule has 3 aliphatic rings. The van der Waals surface area contributed by atoms with Crippen molar-refractivity contribution in [2.45, 2.75) is 83.5 Å². The molecule has 17 aromatic carbocycles. The average Bonchev–Trinajstić information content (AvgIpc) is 1.55. The van der Waals surface area contributed by atoms with Crippen LogP contribution < -0.4 is 0 Å². The number of para-hydroxylation sites is 3. The van der Waals surface area contributed by atoms with Crippen LogP contribution in [0.3, 0.4) is 0 Å². The Balaban J connectivity index is 0.000000112. The summed E-state index contributed by atoms with van der Waals surface area (Å²) >= 11 is 0. The molecule has 0 saturated heterocycles. The van der Waals surface area contributed by atoms with Gasteiger partial charge >= 0.3 is 0 Å². The zero-order chi connectivity index (χ0) is 91.3. The summed E-state index contributed by atoms with van der Waals surface area (Å²) in [6.07, 6.45) is 4.19. The van der Waals surface area contributed by atoms with Crippen molar-refractivity contribution in [1.29, 1.82) is 0 Å². The van der Waals surface area contributed by atoms with Gasteiger partial charge in [0, 0.05) is 81.9 Å². The van der Waals surface area contributed by atoms with E-state index in [0.29, 0.717) is 52.4 Å². The number of nitrogens with zero attached hydrogens (tertiary/aromatic N) is 9. The molecule has 23 aromatic rings. The Bertz CT molecular complexity index is 8560. The first-order valence-corrected chi connectivity index (χ1v) is 47.1. The molecule has 0 radical (unpaired) electrons. The lowest BCUT2D eigenvalue weighted by Crippen LogP contribution is -2.22. The SMILES string of the molecule is CC1(C)c2ccccc2-c2c1ccc1oc3c(-c4nc(-c5ccccc5)nc(-c5cccc(-c6ccccc6)c5)n4)cccc3c21.CCC1(CC)c2ccccc2-c2c1ccc1oc3c(-c4nc(-c5ccccc5)nc(-c5ccccc5)n4)cccc3c21.CCC1(CC)c2ccccc2-c2c1ccc1oc3c(-c4nc(-c5ccccc5)nc(-c5ccccc5-c5ccccc5)n4)cccc3c21.